The van der Waals surface area contributed by atoms with E-state index in [2.05, 4.69) is 42.0 Å². The van der Waals surface area contributed by atoms with Gasteiger partial charge in [0.15, 0.2) is 0 Å². The first-order chi connectivity index (χ1) is 7.49. The quantitative estimate of drug-likeness (QED) is 0.858. The second-order valence-electron chi connectivity index (χ2n) is 4.93. The number of nitrogens with zero attached hydrogens (tertiary/aromatic N) is 3. The molecule has 1 aromatic heterocycles. The number of hydrogen-bond acceptors (Lipinski definition) is 5. The van der Waals surface area contributed by atoms with Gasteiger partial charge in [0, 0.05) is 36.6 Å². The molecule has 2 N–H and O–H groups in total. The third-order valence-corrected chi connectivity index (χ3v) is 3.03. The van der Waals surface area contributed by atoms with Crippen molar-refractivity contribution in [2.24, 2.45) is 5.73 Å². The molecule has 0 fully saturated rings. The molecule has 0 aliphatic heterocycles. The Kier molecular flexibility index (Phi) is 4.68. The predicted molar refractivity (Wildman–Crippen MR) is 70.2 cm³/mol. The van der Waals surface area contributed by atoms with Gasteiger partial charge in [-0.1, -0.05) is 27.7 Å². The monoisotopic (exact) mass is 242 g/mol. The van der Waals surface area contributed by atoms with Crippen LogP contribution in [-0.4, -0.2) is 29.0 Å². The third kappa shape index (κ3) is 3.42. The summed E-state index contributed by atoms with van der Waals surface area (Å²) in [7, 11) is 0. The minimum Gasteiger partial charge on any atom is -0.346 e. The molecule has 0 atom stereocenters. The van der Waals surface area contributed by atoms with Crippen LogP contribution < -0.4 is 10.6 Å². The highest BCUT2D eigenvalue weighted by Gasteiger charge is 2.21. The van der Waals surface area contributed by atoms with Crippen LogP contribution in [0, 0.1) is 0 Å². The van der Waals surface area contributed by atoms with Crippen LogP contribution in [0.25, 0.3) is 0 Å². The van der Waals surface area contributed by atoms with Gasteiger partial charge in [-0.25, -0.2) is 4.98 Å². The highest BCUT2D eigenvalue weighted by molar-refractivity contribution is 7.09. The van der Waals surface area contributed by atoms with Crippen LogP contribution >= 0.6 is 11.5 Å². The van der Waals surface area contributed by atoms with Gasteiger partial charge in [-0.05, 0) is 6.42 Å². The largest absolute Gasteiger partial charge is 0.346 e. The SMILES string of the molecule is CCCN(CCN)c1nc(C(C)(C)C)ns1. The lowest BCUT2D eigenvalue weighted by Gasteiger charge is -2.19. The summed E-state index contributed by atoms with van der Waals surface area (Å²) in [5.74, 6) is 0.922. The Balaban J connectivity index is 2.81. The van der Waals surface area contributed by atoms with Crippen molar-refractivity contribution in [3.63, 3.8) is 0 Å². The van der Waals surface area contributed by atoms with Gasteiger partial charge in [0.05, 0.1) is 0 Å². The summed E-state index contributed by atoms with van der Waals surface area (Å²) in [6.45, 7) is 11.1. The fourth-order valence-electron chi connectivity index (χ4n) is 1.38. The van der Waals surface area contributed by atoms with E-state index in [9.17, 15) is 0 Å². The molecule has 0 saturated heterocycles. The van der Waals surface area contributed by atoms with Gasteiger partial charge < -0.3 is 10.6 Å². The summed E-state index contributed by atoms with van der Waals surface area (Å²) in [5.41, 5.74) is 5.63. The molecule has 0 bridgehead atoms. The van der Waals surface area contributed by atoms with E-state index in [-0.39, 0.29) is 5.41 Å². The van der Waals surface area contributed by atoms with Crippen molar-refractivity contribution in [3.05, 3.63) is 5.82 Å². The maximum atomic E-state index is 5.60. The molecular weight excluding hydrogens is 220 g/mol. The molecule has 0 aliphatic rings. The van der Waals surface area contributed by atoms with Crippen molar-refractivity contribution in [2.45, 2.75) is 39.5 Å². The van der Waals surface area contributed by atoms with Crippen molar-refractivity contribution in [2.75, 3.05) is 24.5 Å². The number of nitrogens with two attached hydrogens (primary N) is 1. The minimum absolute atomic E-state index is 0.0232. The van der Waals surface area contributed by atoms with Crippen LogP contribution in [0.4, 0.5) is 5.13 Å². The van der Waals surface area contributed by atoms with Crippen LogP contribution in [0.2, 0.25) is 0 Å². The fourth-order valence-corrected chi connectivity index (χ4v) is 2.29. The van der Waals surface area contributed by atoms with Crippen LogP contribution in [-0.2, 0) is 5.41 Å². The van der Waals surface area contributed by atoms with E-state index in [1.807, 2.05) is 0 Å². The van der Waals surface area contributed by atoms with Gasteiger partial charge in [-0.2, -0.15) is 4.37 Å². The Morgan fingerprint density at radius 3 is 2.44 bits per heavy atom. The first-order valence-electron chi connectivity index (χ1n) is 5.78. The summed E-state index contributed by atoms with van der Waals surface area (Å²) >= 11 is 1.47. The standard InChI is InChI=1S/C11H22N4S/c1-5-7-15(8-6-12)10-13-9(14-16-10)11(2,3)4/h5-8,12H2,1-4H3. The summed E-state index contributed by atoms with van der Waals surface area (Å²) < 4.78 is 4.42. The van der Waals surface area contributed by atoms with E-state index in [1.54, 1.807) is 0 Å². The minimum atomic E-state index is 0.0232. The Morgan fingerprint density at radius 2 is 2.00 bits per heavy atom. The molecule has 0 aliphatic carbocycles. The highest BCUT2D eigenvalue weighted by Crippen LogP contribution is 2.25. The molecule has 1 heterocycles. The molecule has 0 radical (unpaired) electrons. The zero-order valence-electron chi connectivity index (χ0n) is 10.7. The molecule has 0 amide bonds. The van der Waals surface area contributed by atoms with Gasteiger partial charge >= 0.3 is 0 Å². The second-order valence-corrected chi connectivity index (χ2v) is 5.66. The summed E-state index contributed by atoms with van der Waals surface area (Å²) in [6.07, 6.45) is 1.10. The normalized spacial score (nSPS) is 11.8. The maximum Gasteiger partial charge on any atom is 0.205 e. The fraction of sp³-hybridized carbons (Fsp3) is 0.818. The molecule has 4 nitrogen and oxygen atoms in total. The third-order valence-electron chi connectivity index (χ3n) is 2.25. The lowest BCUT2D eigenvalue weighted by atomic mass is 9.96. The Labute approximate surface area is 102 Å². The summed E-state index contributed by atoms with van der Waals surface area (Å²) in [4.78, 5) is 6.81. The van der Waals surface area contributed by atoms with Gasteiger partial charge in [-0.3, -0.25) is 0 Å². The molecule has 0 aromatic carbocycles. The molecule has 0 spiro atoms. The van der Waals surface area contributed by atoms with Crippen LogP contribution in [0.1, 0.15) is 39.9 Å². The molecule has 5 heteroatoms. The molecular formula is C11H22N4S. The van der Waals surface area contributed by atoms with Crippen molar-refractivity contribution in [3.8, 4) is 0 Å². The van der Waals surface area contributed by atoms with Crippen LogP contribution in [0.5, 0.6) is 0 Å². The smallest absolute Gasteiger partial charge is 0.205 e. The van der Waals surface area contributed by atoms with E-state index in [0.717, 1.165) is 30.5 Å². The van der Waals surface area contributed by atoms with E-state index >= 15 is 0 Å². The van der Waals surface area contributed by atoms with E-state index in [0.29, 0.717) is 6.54 Å². The lowest BCUT2D eigenvalue weighted by Crippen LogP contribution is -2.30. The summed E-state index contributed by atoms with van der Waals surface area (Å²) in [5, 5.41) is 0.997. The Bertz CT molecular complexity index is 310. The first-order valence-corrected chi connectivity index (χ1v) is 6.55. The zero-order valence-corrected chi connectivity index (χ0v) is 11.5. The van der Waals surface area contributed by atoms with E-state index in [1.165, 1.54) is 11.5 Å². The van der Waals surface area contributed by atoms with Gasteiger partial charge in [0.2, 0.25) is 5.13 Å². The molecule has 1 rings (SSSR count). The van der Waals surface area contributed by atoms with Crippen molar-refractivity contribution in [1.82, 2.24) is 9.36 Å². The predicted octanol–water partition coefficient (Wildman–Crippen LogP) is 2.01. The van der Waals surface area contributed by atoms with Crippen LogP contribution in [0.15, 0.2) is 0 Å². The van der Waals surface area contributed by atoms with Crippen molar-refractivity contribution >= 4 is 16.7 Å². The average Bonchev–Trinajstić information content (AvgIpc) is 2.65. The molecule has 0 unspecified atom stereocenters. The number of rotatable bonds is 5. The van der Waals surface area contributed by atoms with Crippen molar-refractivity contribution < 1.29 is 0 Å². The Hall–Kier alpha value is -0.680. The van der Waals surface area contributed by atoms with Gasteiger partial charge in [0.25, 0.3) is 0 Å². The van der Waals surface area contributed by atoms with Gasteiger partial charge in [0.1, 0.15) is 5.82 Å². The van der Waals surface area contributed by atoms with E-state index < -0.39 is 0 Å². The molecule has 16 heavy (non-hydrogen) atoms. The first kappa shape index (κ1) is 13.4. The Morgan fingerprint density at radius 1 is 1.31 bits per heavy atom. The van der Waals surface area contributed by atoms with Crippen molar-refractivity contribution in [1.29, 1.82) is 0 Å². The number of anilines is 1. The molecule has 1 aromatic rings. The topological polar surface area (TPSA) is 55.0 Å². The number of aromatic nitrogens is 2. The maximum absolute atomic E-state index is 5.60. The second kappa shape index (κ2) is 5.59. The number of hydrogen-bond donors (Lipinski definition) is 1. The van der Waals surface area contributed by atoms with Gasteiger partial charge in [-0.15, -0.1) is 0 Å². The van der Waals surface area contributed by atoms with Crippen LogP contribution in [0.3, 0.4) is 0 Å². The average molecular weight is 242 g/mol. The highest BCUT2D eigenvalue weighted by atomic mass is 32.1. The van der Waals surface area contributed by atoms with E-state index in [4.69, 9.17) is 5.73 Å². The lowest BCUT2D eigenvalue weighted by molar-refractivity contribution is 0.554. The molecule has 0 saturated carbocycles. The zero-order chi connectivity index (χ0) is 12.2. The molecule has 92 valence electrons. The summed E-state index contributed by atoms with van der Waals surface area (Å²) in [6, 6.07) is 0.